The van der Waals surface area contributed by atoms with Gasteiger partial charge in [0.1, 0.15) is 10.7 Å². The lowest BCUT2D eigenvalue weighted by molar-refractivity contribution is -0.402. The third kappa shape index (κ3) is 5.18. The minimum absolute atomic E-state index is 0.0956. The predicted molar refractivity (Wildman–Crippen MR) is 105 cm³/mol. The Morgan fingerprint density at radius 3 is 2.68 bits per heavy atom. The molecule has 3 rings (SSSR count). The lowest BCUT2D eigenvalue weighted by atomic mass is 10.1. The third-order valence-electron chi connectivity index (χ3n) is 4.41. The van der Waals surface area contributed by atoms with E-state index >= 15 is 0 Å². The minimum Gasteiger partial charge on any atom is -0.401 e. The van der Waals surface area contributed by atoms with Crippen molar-refractivity contribution in [1.29, 1.82) is 0 Å². The van der Waals surface area contributed by atoms with Crippen molar-refractivity contribution in [1.82, 2.24) is 9.78 Å². The molecule has 0 radical (unpaired) electrons. The van der Waals surface area contributed by atoms with E-state index < -0.39 is 28.5 Å². The van der Waals surface area contributed by atoms with E-state index in [9.17, 15) is 28.1 Å². The standard InChI is InChI=1S/C20H17F3N4O4/c1-12-19(24-17(28)8-6-16-7-9-18(31-16)27(29)30)13(2)26(25-12)11-14-4-3-5-15(10-14)20(21,22)23/h3-10H,11H2,1-2H3,(H,24,28)/b8-6+. The highest BCUT2D eigenvalue weighted by Gasteiger charge is 2.30. The second-order valence-electron chi connectivity index (χ2n) is 6.66. The van der Waals surface area contributed by atoms with Crippen LogP contribution in [0.5, 0.6) is 0 Å². The Bertz CT molecular complexity index is 1160. The predicted octanol–water partition coefficient (Wildman–Crippen LogP) is 4.72. The molecule has 8 nitrogen and oxygen atoms in total. The lowest BCUT2D eigenvalue weighted by Crippen LogP contribution is -2.10. The Morgan fingerprint density at radius 1 is 1.29 bits per heavy atom. The van der Waals surface area contributed by atoms with Crippen LogP contribution in [-0.2, 0) is 17.5 Å². The maximum atomic E-state index is 12.9. The number of nitro groups is 1. The van der Waals surface area contributed by atoms with E-state index in [1.54, 1.807) is 19.9 Å². The fourth-order valence-corrected chi connectivity index (χ4v) is 2.90. The van der Waals surface area contributed by atoms with E-state index in [1.807, 2.05) is 0 Å². The molecule has 0 aliphatic rings. The molecule has 0 saturated carbocycles. The molecule has 3 aromatic rings. The fraction of sp³-hybridized carbons (Fsp3) is 0.200. The molecular formula is C20H17F3N4O4. The van der Waals surface area contributed by atoms with E-state index in [0.717, 1.165) is 18.2 Å². The van der Waals surface area contributed by atoms with E-state index in [0.29, 0.717) is 22.6 Å². The number of hydrogen-bond donors (Lipinski definition) is 1. The van der Waals surface area contributed by atoms with Crippen molar-refractivity contribution in [3.05, 3.63) is 80.9 Å². The summed E-state index contributed by atoms with van der Waals surface area (Å²) in [6.45, 7) is 3.44. The van der Waals surface area contributed by atoms with Crippen LogP contribution in [0.15, 0.2) is 46.9 Å². The second-order valence-corrected chi connectivity index (χ2v) is 6.66. The third-order valence-corrected chi connectivity index (χ3v) is 4.41. The number of hydrogen-bond acceptors (Lipinski definition) is 5. The minimum atomic E-state index is -4.44. The van der Waals surface area contributed by atoms with Crippen LogP contribution in [0, 0.1) is 24.0 Å². The molecule has 0 aliphatic heterocycles. The number of alkyl halides is 3. The highest BCUT2D eigenvalue weighted by molar-refractivity contribution is 6.02. The average Bonchev–Trinajstić information content (AvgIpc) is 3.27. The van der Waals surface area contributed by atoms with Gasteiger partial charge in [-0.05, 0) is 43.7 Å². The lowest BCUT2D eigenvalue weighted by Gasteiger charge is -2.10. The monoisotopic (exact) mass is 434 g/mol. The number of aryl methyl sites for hydroxylation is 1. The van der Waals surface area contributed by atoms with E-state index in [1.165, 1.54) is 29.0 Å². The van der Waals surface area contributed by atoms with Crippen molar-refractivity contribution >= 4 is 23.6 Å². The summed E-state index contributed by atoms with van der Waals surface area (Å²) in [7, 11) is 0. The Labute approximate surface area is 174 Å². The molecule has 0 fully saturated rings. The van der Waals surface area contributed by atoms with Crippen molar-refractivity contribution in [2.24, 2.45) is 0 Å². The molecule has 11 heteroatoms. The molecule has 1 aromatic carbocycles. The van der Waals surface area contributed by atoms with E-state index in [2.05, 4.69) is 10.4 Å². The van der Waals surface area contributed by atoms with Gasteiger partial charge in [-0.15, -0.1) is 0 Å². The van der Waals surface area contributed by atoms with Crippen molar-refractivity contribution in [3.63, 3.8) is 0 Å². The van der Waals surface area contributed by atoms with Crippen LogP contribution in [0.25, 0.3) is 6.08 Å². The molecule has 0 atom stereocenters. The number of aromatic nitrogens is 2. The number of carbonyl (C=O) groups is 1. The van der Waals surface area contributed by atoms with E-state index in [4.69, 9.17) is 4.42 Å². The Hall–Kier alpha value is -3.89. The molecule has 2 heterocycles. The number of anilines is 1. The number of rotatable bonds is 6. The van der Waals surface area contributed by atoms with Gasteiger partial charge < -0.3 is 9.73 Å². The summed E-state index contributed by atoms with van der Waals surface area (Å²) in [4.78, 5) is 22.1. The van der Waals surface area contributed by atoms with Crippen molar-refractivity contribution < 1.29 is 27.3 Å². The van der Waals surface area contributed by atoms with Crippen LogP contribution in [0.3, 0.4) is 0 Å². The van der Waals surface area contributed by atoms with Gasteiger partial charge in [0.2, 0.25) is 5.91 Å². The highest BCUT2D eigenvalue weighted by atomic mass is 19.4. The molecule has 1 N–H and O–H groups in total. The molecule has 0 bridgehead atoms. The number of halogens is 3. The van der Waals surface area contributed by atoms with Crippen LogP contribution in [0.1, 0.15) is 28.3 Å². The van der Waals surface area contributed by atoms with Crippen molar-refractivity contribution in [3.8, 4) is 0 Å². The van der Waals surface area contributed by atoms with Gasteiger partial charge in [-0.3, -0.25) is 19.6 Å². The van der Waals surface area contributed by atoms with Crippen molar-refractivity contribution in [2.45, 2.75) is 26.6 Å². The van der Waals surface area contributed by atoms with Gasteiger partial charge in [0, 0.05) is 6.08 Å². The maximum absolute atomic E-state index is 12.9. The zero-order chi connectivity index (χ0) is 22.8. The van der Waals surface area contributed by atoms with Crippen molar-refractivity contribution in [2.75, 3.05) is 5.32 Å². The summed E-state index contributed by atoms with van der Waals surface area (Å²) in [5.41, 5.74) is 1.14. The Morgan fingerprint density at radius 2 is 2.03 bits per heavy atom. The molecule has 1 amide bonds. The van der Waals surface area contributed by atoms with Crippen LogP contribution < -0.4 is 5.32 Å². The van der Waals surface area contributed by atoms with Gasteiger partial charge in [0.15, 0.2) is 0 Å². The van der Waals surface area contributed by atoms with Gasteiger partial charge >= 0.3 is 12.1 Å². The molecule has 31 heavy (non-hydrogen) atoms. The Kier molecular flexibility index (Phi) is 5.95. The van der Waals surface area contributed by atoms with Gasteiger partial charge in [-0.1, -0.05) is 12.1 Å². The molecule has 162 valence electrons. The smallest absolute Gasteiger partial charge is 0.401 e. The zero-order valence-electron chi connectivity index (χ0n) is 16.4. The Balaban J connectivity index is 1.73. The summed E-state index contributed by atoms with van der Waals surface area (Å²) in [5, 5.41) is 17.6. The molecule has 0 unspecified atom stereocenters. The first-order valence-corrected chi connectivity index (χ1v) is 8.98. The first-order valence-electron chi connectivity index (χ1n) is 8.98. The van der Waals surface area contributed by atoms with Gasteiger partial charge in [0.25, 0.3) is 0 Å². The number of nitrogens with one attached hydrogen (secondary N) is 1. The normalized spacial score (nSPS) is 11.8. The summed E-state index contributed by atoms with van der Waals surface area (Å²) in [5.74, 6) is -0.831. The number of furan rings is 1. The first kappa shape index (κ1) is 21.8. The molecule has 2 aromatic heterocycles. The number of carbonyl (C=O) groups excluding carboxylic acids is 1. The summed E-state index contributed by atoms with van der Waals surface area (Å²) in [6, 6.07) is 7.47. The zero-order valence-corrected chi connectivity index (χ0v) is 16.4. The van der Waals surface area contributed by atoms with Gasteiger partial charge in [-0.2, -0.15) is 18.3 Å². The average molecular weight is 434 g/mol. The van der Waals surface area contributed by atoms with Crippen LogP contribution in [0.2, 0.25) is 0 Å². The highest BCUT2D eigenvalue weighted by Crippen LogP contribution is 2.30. The molecule has 0 spiro atoms. The first-order chi connectivity index (χ1) is 14.5. The number of nitrogens with zero attached hydrogens (tertiary/aromatic N) is 3. The summed E-state index contributed by atoms with van der Waals surface area (Å²) < 4.78 is 45.2. The molecular weight excluding hydrogens is 417 g/mol. The second kappa shape index (κ2) is 8.46. The topological polar surface area (TPSA) is 103 Å². The number of amides is 1. The number of benzene rings is 1. The molecule has 0 saturated heterocycles. The van der Waals surface area contributed by atoms with Crippen LogP contribution in [0.4, 0.5) is 24.7 Å². The van der Waals surface area contributed by atoms with Gasteiger partial charge in [-0.25, -0.2) is 0 Å². The SMILES string of the molecule is Cc1nn(Cc2cccc(C(F)(F)F)c2)c(C)c1NC(=O)/C=C/c1ccc([N+](=O)[O-])o1. The summed E-state index contributed by atoms with van der Waals surface area (Å²) >= 11 is 0. The summed E-state index contributed by atoms with van der Waals surface area (Å²) in [6.07, 6.45) is -2.02. The van der Waals surface area contributed by atoms with Crippen LogP contribution >= 0.6 is 0 Å². The quantitative estimate of drug-likeness (QED) is 0.344. The largest absolute Gasteiger partial charge is 0.433 e. The van der Waals surface area contributed by atoms with Crippen LogP contribution in [-0.4, -0.2) is 20.6 Å². The van der Waals surface area contributed by atoms with Gasteiger partial charge in [0.05, 0.1) is 35.2 Å². The van der Waals surface area contributed by atoms with E-state index in [-0.39, 0.29) is 12.3 Å². The molecule has 0 aliphatic carbocycles. The fourth-order valence-electron chi connectivity index (χ4n) is 2.90. The maximum Gasteiger partial charge on any atom is 0.433 e.